The second kappa shape index (κ2) is 4.74. The van der Waals surface area contributed by atoms with Crippen LogP contribution in [0.4, 0.5) is 4.39 Å². The quantitative estimate of drug-likeness (QED) is 0.727. The molecule has 1 aromatic carbocycles. The lowest BCUT2D eigenvalue weighted by atomic mass is 10.1. The van der Waals surface area contributed by atoms with E-state index in [2.05, 4.69) is 15.9 Å². The van der Waals surface area contributed by atoms with Crippen LogP contribution in [0.3, 0.4) is 0 Å². The Morgan fingerprint density at radius 1 is 1.37 bits per heavy atom. The molecule has 2 nitrogen and oxygen atoms in total. The molecular formula is C14H10BrFO2S. The number of hydrogen-bond acceptors (Lipinski definition) is 3. The van der Waals surface area contributed by atoms with Crippen LogP contribution in [0.2, 0.25) is 0 Å². The van der Waals surface area contributed by atoms with Gasteiger partial charge < -0.3 is 9.52 Å². The summed E-state index contributed by atoms with van der Waals surface area (Å²) < 4.78 is 19.8. The molecule has 0 saturated carbocycles. The fraction of sp³-hybridized carbons (Fsp3) is 0.143. The molecule has 0 aliphatic carbocycles. The lowest BCUT2D eigenvalue weighted by molar-refractivity contribution is 0.194. The molecule has 3 rings (SSSR count). The minimum absolute atomic E-state index is 0.310. The highest BCUT2D eigenvalue weighted by Crippen LogP contribution is 2.37. The summed E-state index contributed by atoms with van der Waals surface area (Å²) in [5.74, 6) is 0.151. The van der Waals surface area contributed by atoms with Gasteiger partial charge in [-0.05, 0) is 52.5 Å². The average molecular weight is 341 g/mol. The van der Waals surface area contributed by atoms with E-state index in [1.54, 1.807) is 6.07 Å². The average Bonchev–Trinajstić information content (AvgIpc) is 2.94. The van der Waals surface area contributed by atoms with Crippen molar-refractivity contribution in [3.05, 3.63) is 56.1 Å². The van der Waals surface area contributed by atoms with Crippen molar-refractivity contribution in [3.8, 4) is 0 Å². The van der Waals surface area contributed by atoms with Crippen molar-refractivity contribution in [3.63, 3.8) is 0 Å². The largest absolute Gasteiger partial charge is 0.458 e. The number of aliphatic hydroxyl groups is 1. The van der Waals surface area contributed by atoms with Gasteiger partial charge in [0.2, 0.25) is 0 Å². The van der Waals surface area contributed by atoms with Crippen LogP contribution in [0.5, 0.6) is 0 Å². The molecule has 98 valence electrons. The van der Waals surface area contributed by atoms with Crippen LogP contribution in [-0.4, -0.2) is 5.11 Å². The molecule has 19 heavy (non-hydrogen) atoms. The van der Waals surface area contributed by atoms with Crippen molar-refractivity contribution in [2.24, 2.45) is 0 Å². The number of aryl methyl sites for hydroxylation is 1. The Bertz CT molecular complexity index is 747. The Morgan fingerprint density at radius 2 is 2.16 bits per heavy atom. The number of hydrogen-bond donors (Lipinski definition) is 1. The third-order valence-corrected chi connectivity index (χ3v) is 5.00. The number of aliphatic hydroxyl groups excluding tert-OH is 1. The first-order chi connectivity index (χ1) is 9.08. The molecule has 1 N–H and O–H groups in total. The highest BCUT2D eigenvalue weighted by Gasteiger charge is 2.22. The molecule has 2 aromatic heterocycles. The van der Waals surface area contributed by atoms with E-state index in [9.17, 15) is 9.50 Å². The van der Waals surface area contributed by atoms with Crippen molar-refractivity contribution in [2.45, 2.75) is 13.0 Å². The van der Waals surface area contributed by atoms with Crippen molar-refractivity contribution in [1.29, 1.82) is 0 Å². The van der Waals surface area contributed by atoms with Gasteiger partial charge in [0.25, 0.3) is 0 Å². The standard InChI is InChI=1S/C14H10BrFO2S/c1-7-9-6-8(16)2-3-11(9)18-13(7)12(17)14-10(15)4-5-19-14/h2-6,12,17H,1H3. The summed E-state index contributed by atoms with van der Waals surface area (Å²) in [5.41, 5.74) is 1.35. The first-order valence-electron chi connectivity index (χ1n) is 5.67. The first kappa shape index (κ1) is 12.8. The van der Waals surface area contributed by atoms with E-state index in [1.165, 1.54) is 23.5 Å². The van der Waals surface area contributed by atoms with Gasteiger partial charge in [-0.3, -0.25) is 0 Å². The van der Waals surface area contributed by atoms with Gasteiger partial charge in [0.1, 0.15) is 23.3 Å². The molecule has 2 heterocycles. The zero-order valence-electron chi connectivity index (χ0n) is 9.98. The zero-order valence-corrected chi connectivity index (χ0v) is 12.4. The summed E-state index contributed by atoms with van der Waals surface area (Å²) in [6.07, 6.45) is -0.843. The Labute approximate surface area is 121 Å². The van der Waals surface area contributed by atoms with Gasteiger partial charge in [0, 0.05) is 15.4 Å². The smallest absolute Gasteiger partial charge is 0.147 e. The normalized spacial score (nSPS) is 13.1. The summed E-state index contributed by atoms with van der Waals surface area (Å²) in [6.45, 7) is 1.82. The third kappa shape index (κ3) is 2.12. The van der Waals surface area contributed by atoms with E-state index < -0.39 is 6.10 Å². The van der Waals surface area contributed by atoms with Crippen LogP contribution in [-0.2, 0) is 0 Å². The van der Waals surface area contributed by atoms with Gasteiger partial charge in [-0.1, -0.05) is 0 Å². The zero-order chi connectivity index (χ0) is 13.6. The molecular weight excluding hydrogens is 331 g/mol. The molecule has 0 saturated heterocycles. The van der Waals surface area contributed by atoms with Crippen molar-refractivity contribution >= 4 is 38.2 Å². The first-order valence-corrected chi connectivity index (χ1v) is 7.34. The topological polar surface area (TPSA) is 33.4 Å². The predicted octanol–water partition coefficient (Wildman–Crippen LogP) is 4.79. The Kier molecular flexibility index (Phi) is 3.20. The highest BCUT2D eigenvalue weighted by molar-refractivity contribution is 9.10. The summed E-state index contributed by atoms with van der Waals surface area (Å²) in [6, 6.07) is 6.23. The molecule has 1 atom stereocenters. The van der Waals surface area contributed by atoms with Gasteiger partial charge in [-0.25, -0.2) is 4.39 Å². The maximum absolute atomic E-state index is 13.3. The minimum Gasteiger partial charge on any atom is -0.458 e. The van der Waals surface area contributed by atoms with Gasteiger partial charge >= 0.3 is 0 Å². The fourth-order valence-electron chi connectivity index (χ4n) is 2.09. The molecule has 1 unspecified atom stereocenters. The van der Waals surface area contributed by atoms with Crippen LogP contribution < -0.4 is 0 Å². The van der Waals surface area contributed by atoms with Crippen molar-refractivity contribution in [2.75, 3.05) is 0 Å². The van der Waals surface area contributed by atoms with Crippen molar-refractivity contribution in [1.82, 2.24) is 0 Å². The summed E-state index contributed by atoms with van der Waals surface area (Å²) >= 11 is 4.84. The number of thiophene rings is 1. The second-order valence-electron chi connectivity index (χ2n) is 4.27. The van der Waals surface area contributed by atoms with Gasteiger partial charge in [0.05, 0.1) is 4.88 Å². The van der Waals surface area contributed by atoms with Crippen LogP contribution in [0, 0.1) is 12.7 Å². The lowest BCUT2D eigenvalue weighted by Crippen LogP contribution is -1.97. The van der Waals surface area contributed by atoms with E-state index >= 15 is 0 Å². The van der Waals surface area contributed by atoms with E-state index in [-0.39, 0.29) is 5.82 Å². The van der Waals surface area contributed by atoms with Crippen LogP contribution in [0.15, 0.2) is 38.5 Å². The Hall–Kier alpha value is -1.17. The maximum atomic E-state index is 13.3. The van der Waals surface area contributed by atoms with Crippen LogP contribution in [0.1, 0.15) is 22.3 Å². The summed E-state index contributed by atoms with van der Waals surface area (Å²) in [4.78, 5) is 0.780. The van der Waals surface area contributed by atoms with Crippen LogP contribution >= 0.6 is 27.3 Å². The molecule has 5 heteroatoms. The maximum Gasteiger partial charge on any atom is 0.147 e. The van der Waals surface area contributed by atoms with E-state index in [1.807, 2.05) is 18.4 Å². The molecule has 0 bridgehead atoms. The summed E-state index contributed by atoms with van der Waals surface area (Å²) in [7, 11) is 0. The molecule has 0 fully saturated rings. The van der Waals surface area contributed by atoms with E-state index in [0.29, 0.717) is 16.7 Å². The number of furan rings is 1. The summed E-state index contributed by atoms with van der Waals surface area (Å²) in [5, 5.41) is 13.0. The molecule has 0 aliphatic heterocycles. The number of rotatable bonds is 2. The van der Waals surface area contributed by atoms with Gasteiger partial charge in [-0.15, -0.1) is 11.3 Å². The Balaban J connectivity index is 2.15. The lowest BCUT2D eigenvalue weighted by Gasteiger charge is -2.07. The number of halogens is 2. The molecule has 0 aliphatic rings. The van der Waals surface area contributed by atoms with Crippen LogP contribution in [0.25, 0.3) is 11.0 Å². The number of fused-ring (bicyclic) bond motifs is 1. The van der Waals surface area contributed by atoms with Crippen molar-refractivity contribution < 1.29 is 13.9 Å². The van der Waals surface area contributed by atoms with Gasteiger partial charge in [0.15, 0.2) is 0 Å². The number of benzene rings is 1. The van der Waals surface area contributed by atoms with Gasteiger partial charge in [-0.2, -0.15) is 0 Å². The predicted molar refractivity (Wildman–Crippen MR) is 77.0 cm³/mol. The fourth-order valence-corrected chi connectivity index (χ4v) is 3.66. The Morgan fingerprint density at radius 3 is 2.84 bits per heavy atom. The van der Waals surface area contributed by atoms with E-state index in [0.717, 1.165) is 14.9 Å². The monoisotopic (exact) mass is 340 g/mol. The molecule has 0 spiro atoms. The molecule has 3 aromatic rings. The minimum atomic E-state index is -0.843. The SMILES string of the molecule is Cc1c(C(O)c2sccc2Br)oc2ccc(F)cc12. The molecule has 0 amide bonds. The van der Waals surface area contributed by atoms with E-state index in [4.69, 9.17) is 4.42 Å². The highest BCUT2D eigenvalue weighted by atomic mass is 79.9. The second-order valence-corrected chi connectivity index (χ2v) is 6.07. The third-order valence-electron chi connectivity index (χ3n) is 3.08. The molecule has 0 radical (unpaired) electrons.